The molecule has 0 saturated heterocycles. The SMILES string of the molecule is COC(=O)c1c(C)cc(OC)cc1Sc1ccccc1. The van der Waals surface area contributed by atoms with Crippen LogP contribution in [-0.2, 0) is 4.74 Å². The lowest BCUT2D eigenvalue weighted by Crippen LogP contribution is -2.06. The second kappa shape index (κ2) is 6.48. The van der Waals surface area contributed by atoms with E-state index in [9.17, 15) is 4.79 Å². The molecular formula is C16H16O3S. The van der Waals surface area contributed by atoms with E-state index in [1.54, 1.807) is 7.11 Å². The molecule has 2 aromatic rings. The van der Waals surface area contributed by atoms with Gasteiger partial charge in [0.1, 0.15) is 5.75 Å². The van der Waals surface area contributed by atoms with Crippen molar-refractivity contribution in [3.8, 4) is 5.75 Å². The lowest BCUT2D eigenvalue weighted by molar-refractivity contribution is 0.0596. The third-order valence-electron chi connectivity index (χ3n) is 2.87. The molecule has 2 rings (SSSR count). The van der Waals surface area contributed by atoms with Crippen molar-refractivity contribution in [1.82, 2.24) is 0 Å². The highest BCUT2D eigenvalue weighted by Gasteiger charge is 2.17. The van der Waals surface area contributed by atoms with Gasteiger partial charge in [-0.3, -0.25) is 0 Å². The summed E-state index contributed by atoms with van der Waals surface area (Å²) >= 11 is 1.52. The van der Waals surface area contributed by atoms with E-state index in [2.05, 4.69) is 0 Å². The molecule has 0 N–H and O–H groups in total. The summed E-state index contributed by atoms with van der Waals surface area (Å²) in [7, 11) is 3.01. The van der Waals surface area contributed by atoms with Crippen LogP contribution in [0.4, 0.5) is 0 Å². The van der Waals surface area contributed by atoms with Gasteiger partial charge < -0.3 is 9.47 Å². The van der Waals surface area contributed by atoms with E-state index in [0.29, 0.717) is 5.56 Å². The fraction of sp³-hybridized carbons (Fsp3) is 0.188. The Labute approximate surface area is 122 Å². The van der Waals surface area contributed by atoms with Crippen LogP contribution in [0.15, 0.2) is 52.3 Å². The molecule has 0 atom stereocenters. The minimum Gasteiger partial charge on any atom is -0.497 e. The molecule has 0 spiro atoms. The number of methoxy groups -OCH3 is 2. The molecular weight excluding hydrogens is 272 g/mol. The maximum absolute atomic E-state index is 12.0. The predicted octanol–water partition coefficient (Wildman–Crippen LogP) is 3.94. The van der Waals surface area contributed by atoms with Crippen molar-refractivity contribution in [2.45, 2.75) is 16.7 Å². The molecule has 20 heavy (non-hydrogen) atoms. The zero-order valence-corrected chi connectivity index (χ0v) is 12.5. The molecule has 0 aliphatic heterocycles. The number of carbonyl (C=O) groups excluding carboxylic acids is 1. The largest absolute Gasteiger partial charge is 0.497 e. The van der Waals surface area contributed by atoms with Crippen molar-refractivity contribution in [2.24, 2.45) is 0 Å². The third kappa shape index (κ3) is 3.14. The molecule has 104 valence electrons. The Balaban J connectivity index is 2.48. The second-order valence-electron chi connectivity index (χ2n) is 4.22. The van der Waals surface area contributed by atoms with E-state index < -0.39 is 0 Å². The van der Waals surface area contributed by atoms with E-state index in [0.717, 1.165) is 21.1 Å². The maximum atomic E-state index is 12.0. The number of hydrogen-bond acceptors (Lipinski definition) is 4. The van der Waals surface area contributed by atoms with Crippen LogP contribution < -0.4 is 4.74 Å². The molecule has 0 aromatic heterocycles. The lowest BCUT2D eigenvalue weighted by atomic mass is 10.1. The van der Waals surface area contributed by atoms with Crippen LogP contribution in [-0.4, -0.2) is 20.2 Å². The Morgan fingerprint density at radius 1 is 1.10 bits per heavy atom. The van der Waals surface area contributed by atoms with E-state index in [1.165, 1.54) is 18.9 Å². The van der Waals surface area contributed by atoms with Crippen molar-refractivity contribution in [2.75, 3.05) is 14.2 Å². The molecule has 2 aromatic carbocycles. The van der Waals surface area contributed by atoms with Crippen LogP contribution in [0.3, 0.4) is 0 Å². The van der Waals surface area contributed by atoms with Crippen molar-refractivity contribution < 1.29 is 14.3 Å². The summed E-state index contributed by atoms with van der Waals surface area (Å²) < 4.78 is 10.2. The summed E-state index contributed by atoms with van der Waals surface area (Å²) in [4.78, 5) is 13.9. The normalized spacial score (nSPS) is 10.2. The fourth-order valence-corrected chi connectivity index (χ4v) is 2.97. The van der Waals surface area contributed by atoms with Crippen molar-refractivity contribution >= 4 is 17.7 Å². The number of aryl methyl sites for hydroxylation is 1. The Bertz CT molecular complexity index is 609. The summed E-state index contributed by atoms with van der Waals surface area (Å²) in [5.41, 5.74) is 1.43. The monoisotopic (exact) mass is 288 g/mol. The molecule has 0 saturated carbocycles. The first kappa shape index (κ1) is 14.5. The van der Waals surface area contributed by atoms with Gasteiger partial charge in [-0.2, -0.15) is 0 Å². The van der Waals surface area contributed by atoms with E-state index in [-0.39, 0.29) is 5.97 Å². The Hall–Kier alpha value is -1.94. The number of ether oxygens (including phenoxy) is 2. The van der Waals surface area contributed by atoms with Crippen LogP contribution in [0.25, 0.3) is 0 Å². The van der Waals surface area contributed by atoms with Gasteiger partial charge in [0.2, 0.25) is 0 Å². The summed E-state index contributed by atoms with van der Waals surface area (Å²) in [6.07, 6.45) is 0. The highest BCUT2D eigenvalue weighted by molar-refractivity contribution is 7.99. The van der Waals surface area contributed by atoms with Gasteiger partial charge in [-0.05, 0) is 36.8 Å². The van der Waals surface area contributed by atoms with Crippen LogP contribution in [0, 0.1) is 6.92 Å². The first-order chi connectivity index (χ1) is 9.65. The van der Waals surface area contributed by atoms with Crippen LogP contribution in [0.2, 0.25) is 0 Å². The van der Waals surface area contributed by atoms with Gasteiger partial charge in [0.05, 0.1) is 19.8 Å². The zero-order valence-electron chi connectivity index (χ0n) is 11.7. The maximum Gasteiger partial charge on any atom is 0.339 e. The van der Waals surface area contributed by atoms with Crippen LogP contribution >= 0.6 is 11.8 Å². The number of carbonyl (C=O) groups is 1. The summed E-state index contributed by atoms with van der Waals surface area (Å²) in [6.45, 7) is 1.88. The Morgan fingerprint density at radius 3 is 2.40 bits per heavy atom. The van der Waals surface area contributed by atoms with Crippen LogP contribution in [0.5, 0.6) is 5.75 Å². The zero-order chi connectivity index (χ0) is 14.5. The first-order valence-corrected chi connectivity index (χ1v) is 6.97. The van der Waals surface area contributed by atoms with Gasteiger partial charge in [-0.25, -0.2) is 4.79 Å². The molecule has 0 radical (unpaired) electrons. The molecule has 4 heteroatoms. The number of hydrogen-bond donors (Lipinski definition) is 0. The Morgan fingerprint density at radius 2 is 1.80 bits per heavy atom. The number of rotatable bonds is 4. The van der Waals surface area contributed by atoms with Gasteiger partial charge >= 0.3 is 5.97 Å². The first-order valence-electron chi connectivity index (χ1n) is 6.15. The average Bonchev–Trinajstić information content (AvgIpc) is 2.47. The fourth-order valence-electron chi connectivity index (χ4n) is 1.90. The smallest absolute Gasteiger partial charge is 0.339 e. The van der Waals surface area contributed by atoms with Gasteiger partial charge in [0, 0.05) is 9.79 Å². The van der Waals surface area contributed by atoms with Crippen LogP contribution in [0.1, 0.15) is 15.9 Å². The minimum absolute atomic E-state index is 0.330. The third-order valence-corrected chi connectivity index (χ3v) is 3.92. The molecule has 0 aliphatic rings. The summed E-state index contributed by atoms with van der Waals surface area (Å²) in [6, 6.07) is 13.6. The van der Waals surface area contributed by atoms with Gasteiger partial charge in [0.15, 0.2) is 0 Å². The summed E-state index contributed by atoms with van der Waals surface area (Å²) in [5.74, 6) is 0.400. The topological polar surface area (TPSA) is 35.5 Å². The number of esters is 1. The molecule has 0 bridgehead atoms. The number of benzene rings is 2. The average molecular weight is 288 g/mol. The van der Waals surface area contributed by atoms with Gasteiger partial charge in [0.25, 0.3) is 0 Å². The molecule has 0 aliphatic carbocycles. The van der Waals surface area contributed by atoms with E-state index in [4.69, 9.17) is 9.47 Å². The molecule has 0 amide bonds. The van der Waals surface area contributed by atoms with Gasteiger partial charge in [-0.15, -0.1) is 0 Å². The van der Waals surface area contributed by atoms with E-state index >= 15 is 0 Å². The minimum atomic E-state index is -0.330. The highest BCUT2D eigenvalue weighted by atomic mass is 32.2. The second-order valence-corrected chi connectivity index (χ2v) is 5.34. The van der Waals surface area contributed by atoms with Crippen molar-refractivity contribution in [3.63, 3.8) is 0 Å². The Kier molecular flexibility index (Phi) is 4.69. The predicted molar refractivity (Wildman–Crippen MR) is 79.6 cm³/mol. The highest BCUT2D eigenvalue weighted by Crippen LogP contribution is 2.35. The molecule has 3 nitrogen and oxygen atoms in total. The molecule has 0 heterocycles. The van der Waals surface area contributed by atoms with Crippen molar-refractivity contribution in [3.05, 3.63) is 53.6 Å². The molecule has 0 fully saturated rings. The molecule has 0 unspecified atom stereocenters. The van der Waals surface area contributed by atoms with Crippen molar-refractivity contribution in [1.29, 1.82) is 0 Å². The standard InChI is InChI=1S/C16H16O3S/c1-11-9-12(18-2)10-14(15(11)16(17)19-3)20-13-7-5-4-6-8-13/h4-10H,1-3H3. The summed E-state index contributed by atoms with van der Waals surface area (Å²) in [5, 5.41) is 0. The lowest BCUT2D eigenvalue weighted by Gasteiger charge is -2.12. The van der Waals surface area contributed by atoms with Gasteiger partial charge in [-0.1, -0.05) is 30.0 Å². The van der Waals surface area contributed by atoms with E-state index in [1.807, 2.05) is 49.4 Å². The quantitative estimate of drug-likeness (QED) is 0.798.